The van der Waals surface area contributed by atoms with E-state index in [1.807, 2.05) is 6.92 Å². The lowest BCUT2D eigenvalue weighted by molar-refractivity contribution is -0.385. The van der Waals surface area contributed by atoms with E-state index >= 15 is 0 Å². The third kappa shape index (κ3) is 4.50. The van der Waals surface area contributed by atoms with Crippen LogP contribution in [-0.2, 0) is 11.3 Å². The van der Waals surface area contributed by atoms with Crippen LogP contribution >= 0.6 is 0 Å². The number of carbonyl (C=O) groups excluding carboxylic acids is 1. The Kier molecular flexibility index (Phi) is 5.25. The fourth-order valence-corrected chi connectivity index (χ4v) is 1.35. The Bertz CT molecular complexity index is 418. The van der Waals surface area contributed by atoms with Gasteiger partial charge in [-0.25, -0.2) is 0 Å². The van der Waals surface area contributed by atoms with Gasteiger partial charge >= 0.3 is 5.69 Å². The van der Waals surface area contributed by atoms with Crippen LogP contribution in [0.3, 0.4) is 0 Å². The zero-order valence-corrected chi connectivity index (χ0v) is 10.1. The zero-order chi connectivity index (χ0) is 13.5. The van der Waals surface area contributed by atoms with Crippen LogP contribution in [-0.4, -0.2) is 38.9 Å². The van der Waals surface area contributed by atoms with Gasteiger partial charge < -0.3 is 10.4 Å². The van der Waals surface area contributed by atoms with E-state index in [4.69, 9.17) is 5.11 Å². The Hall–Kier alpha value is -1.96. The molecule has 1 aromatic rings. The Morgan fingerprint density at radius 3 is 3.00 bits per heavy atom. The largest absolute Gasteiger partial charge is 0.396 e. The van der Waals surface area contributed by atoms with Crippen LogP contribution < -0.4 is 5.32 Å². The minimum atomic E-state index is -0.565. The maximum Gasteiger partial charge on any atom is 0.307 e. The Morgan fingerprint density at radius 1 is 1.72 bits per heavy atom. The molecule has 0 aliphatic carbocycles. The highest BCUT2D eigenvalue weighted by molar-refractivity contribution is 5.75. The number of nitrogens with zero attached hydrogens (tertiary/aromatic N) is 3. The molecule has 0 bridgehead atoms. The van der Waals surface area contributed by atoms with Crippen LogP contribution in [0.1, 0.15) is 13.3 Å². The van der Waals surface area contributed by atoms with Gasteiger partial charge in [0.15, 0.2) is 0 Å². The fraction of sp³-hybridized carbons (Fsp3) is 0.600. The van der Waals surface area contributed by atoms with Gasteiger partial charge in [0.2, 0.25) is 5.91 Å². The van der Waals surface area contributed by atoms with E-state index < -0.39 is 4.92 Å². The molecule has 1 amide bonds. The highest BCUT2D eigenvalue weighted by atomic mass is 16.6. The smallest absolute Gasteiger partial charge is 0.307 e. The van der Waals surface area contributed by atoms with Gasteiger partial charge in [0.25, 0.3) is 0 Å². The molecule has 1 aromatic heterocycles. The summed E-state index contributed by atoms with van der Waals surface area (Å²) < 4.78 is 1.21. The van der Waals surface area contributed by atoms with Crippen molar-refractivity contribution < 1.29 is 14.8 Å². The lowest BCUT2D eigenvalue weighted by Gasteiger charge is -2.10. The van der Waals surface area contributed by atoms with Crippen LogP contribution in [0.4, 0.5) is 5.69 Å². The maximum absolute atomic E-state index is 11.5. The molecule has 100 valence electrons. The van der Waals surface area contributed by atoms with E-state index in [9.17, 15) is 14.9 Å². The van der Waals surface area contributed by atoms with Gasteiger partial charge in [-0.2, -0.15) is 5.10 Å². The van der Waals surface area contributed by atoms with Gasteiger partial charge in [-0.15, -0.1) is 0 Å². The summed E-state index contributed by atoms with van der Waals surface area (Å²) in [7, 11) is 0. The molecule has 1 heterocycles. The first-order chi connectivity index (χ1) is 8.52. The number of hydrogen-bond acceptors (Lipinski definition) is 5. The number of aliphatic hydroxyl groups is 1. The summed E-state index contributed by atoms with van der Waals surface area (Å²) in [6, 6.07) is 0. The van der Waals surface area contributed by atoms with Crippen molar-refractivity contribution in [2.45, 2.75) is 19.9 Å². The first-order valence-corrected chi connectivity index (χ1v) is 5.57. The van der Waals surface area contributed by atoms with E-state index in [-0.39, 0.29) is 30.7 Å². The van der Waals surface area contributed by atoms with Gasteiger partial charge in [-0.3, -0.25) is 19.6 Å². The van der Waals surface area contributed by atoms with Crippen LogP contribution in [0.2, 0.25) is 0 Å². The second-order valence-corrected chi connectivity index (χ2v) is 4.07. The predicted octanol–water partition coefficient (Wildman–Crippen LogP) is -0.0740. The van der Waals surface area contributed by atoms with Gasteiger partial charge in [0, 0.05) is 13.2 Å². The molecule has 0 fully saturated rings. The number of nitrogens with one attached hydrogen (secondary N) is 1. The van der Waals surface area contributed by atoms with E-state index in [1.54, 1.807) is 0 Å². The summed E-state index contributed by atoms with van der Waals surface area (Å²) in [6.07, 6.45) is 2.92. The minimum Gasteiger partial charge on any atom is -0.396 e. The molecule has 0 saturated heterocycles. The average Bonchev–Trinajstić information content (AvgIpc) is 2.75. The lowest BCUT2D eigenvalue weighted by Crippen LogP contribution is -2.31. The van der Waals surface area contributed by atoms with Gasteiger partial charge in [0.05, 0.1) is 4.92 Å². The molecule has 0 aromatic carbocycles. The number of hydrogen-bond donors (Lipinski definition) is 2. The highest BCUT2D eigenvalue weighted by Crippen LogP contribution is 2.07. The molecule has 1 atom stereocenters. The molecule has 1 rings (SSSR count). The number of aromatic nitrogens is 2. The van der Waals surface area contributed by atoms with Crippen LogP contribution in [0.25, 0.3) is 0 Å². The second-order valence-electron chi connectivity index (χ2n) is 4.07. The van der Waals surface area contributed by atoms with Crippen molar-refractivity contribution in [3.8, 4) is 0 Å². The van der Waals surface area contributed by atoms with Crippen LogP contribution in [0.15, 0.2) is 12.4 Å². The minimum absolute atomic E-state index is 0.0559. The maximum atomic E-state index is 11.5. The Balaban J connectivity index is 2.37. The van der Waals surface area contributed by atoms with Crippen molar-refractivity contribution in [1.82, 2.24) is 15.1 Å². The lowest BCUT2D eigenvalue weighted by atomic mass is 10.1. The van der Waals surface area contributed by atoms with Crippen LogP contribution in [0, 0.1) is 16.0 Å². The topological polar surface area (TPSA) is 110 Å². The standard InChI is InChI=1S/C10H16N4O4/c1-8(2-3-15)4-11-10(16)7-13-6-9(5-12-13)14(17)18/h5-6,8,15H,2-4,7H2,1H3,(H,11,16). The van der Waals surface area contributed by atoms with Gasteiger partial charge in [0.1, 0.15) is 18.9 Å². The third-order valence-corrected chi connectivity index (χ3v) is 2.41. The van der Waals surface area contributed by atoms with Crippen molar-refractivity contribution in [3.05, 3.63) is 22.5 Å². The number of nitro groups is 1. The molecule has 0 saturated carbocycles. The normalized spacial score (nSPS) is 12.1. The average molecular weight is 256 g/mol. The van der Waals surface area contributed by atoms with Crippen molar-refractivity contribution >= 4 is 11.6 Å². The Morgan fingerprint density at radius 2 is 2.44 bits per heavy atom. The van der Waals surface area contributed by atoms with E-state index in [0.29, 0.717) is 13.0 Å². The summed E-state index contributed by atoms with van der Waals surface area (Å²) in [5.74, 6) is -0.0799. The monoisotopic (exact) mass is 256 g/mol. The zero-order valence-electron chi connectivity index (χ0n) is 10.1. The van der Waals surface area contributed by atoms with Gasteiger partial charge in [-0.05, 0) is 12.3 Å². The van der Waals surface area contributed by atoms with E-state index in [1.165, 1.54) is 10.9 Å². The van der Waals surface area contributed by atoms with Crippen molar-refractivity contribution in [1.29, 1.82) is 0 Å². The molecule has 8 heteroatoms. The molecule has 1 unspecified atom stereocenters. The molecule has 0 spiro atoms. The molecule has 0 radical (unpaired) electrons. The van der Waals surface area contributed by atoms with E-state index in [0.717, 1.165) is 6.20 Å². The second kappa shape index (κ2) is 6.70. The summed E-state index contributed by atoms with van der Waals surface area (Å²) >= 11 is 0. The first kappa shape index (κ1) is 14.1. The molecule has 18 heavy (non-hydrogen) atoms. The van der Waals surface area contributed by atoms with Crippen molar-refractivity contribution in [2.24, 2.45) is 5.92 Å². The number of amides is 1. The number of carbonyl (C=O) groups is 1. The molecule has 2 N–H and O–H groups in total. The summed E-state index contributed by atoms with van der Waals surface area (Å²) in [5.41, 5.74) is -0.142. The fourth-order valence-electron chi connectivity index (χ4n) is 1.35. The number of rotatable bonds is 7. The summed E-state index contributed by atoms with van der Waals surface area (Å²) in [6.45, 7) is 2.40. The first-order valence-electron chi connectivity index (χ1n) is 5.57. The molecule has 0 aliphatic rings. The summed E-state index contributed by atoms with van der Waals surface area (Å²) in [5, 5.41) is 25.5. The molecule has 8 nitrogen and oxygen atoms in total. The molecule has 0 aliphatic heterocycles. The SMILES string of the molecule is CC(CCO)CNC(=O)Cn1cc([N+](=O)[O-])cn1. The quantitative estimate of drug-likeness (QED) is 0.524. The van der Waals surface area contributed by atoms with Crippen LogP contribution in [0.5, 0.6) is 0 Å². The third-order valence-electron chi connectivity index (χ3n) is 2.41. The van der Waals surface area contributed by atoms with Gasteiger partial charge in [-0.1, -0.05) is 6.92 Å². The molecular formula is C10H16N4O4. The summed E-state index contributed by atoms with van der Waals surface area (Å²) in [4.78, 5) is 21.3. The molecular weight excluding hydrogens is 240 g/mol. The van der Waals surface area contributed by atoms with Crippen molar-refractivity contribution in [2.75, 3.05) is 13.2 Å². The predicted molar refractivity (Wildman–Crippen MR) is 62.8 cm³/mol. The Labute approximate surface area is 104 Å². The van der Waals surface area contributed by atoms with E-state index in [2.05, 4.69) is 10.4 Å². The number of aliphatic hydroxyl groups excluding tert-OH is 1. The highest BCUT2D eigenvalue weighted by Gasteiger charge is 2.11. The van der Waals surface area contributed by atoms with Crippen molar-refractivity contribution in [3.63, 3.8) is 0 Å².